The average Bonchev–Trinajstić information content (AvgIpc) is 2.88. The topological polar surface area (TPSA) is 73.0 Å². The van der Waals surface area contributed by atoms with Gasteiger partial charge in [0.25, 0.3) is 0 Å². The number of imidazole rings is 1. The first-order chi connectivity index (χ1) is 9.31. The smallest absolute Gasteiger partial charge is 0.224 e. The van der Waals surface area contributed by atoms with E-state index < -0.39 is 0 Å². The van der Waals surface area contributed by atoms with Crippen LogP contribution in [0.1, 0.15) is 0 Å². The number of hydrogen-bond donors (Lipinski definition) is 2. The highest BCUT2D eigenvalue weighted by molar-refractivity contribution is 5.69. The van der Waals surface area contributed by atoms with Crippen molar-refractivity contribution >= 4 is 17.1 Å². The molecular weight excluding hydrogens is 242 g/mol. The van der Waals surface area contributed by atoms with Crippen molar-refractivity contribution in [2.24, 2.45) is 0 Å². The molecule has 0 unspecified atom stereocenters. The maximum Gasteiger partial charge on any atom is 0.224 e. The Hall–Kier alpha value is -1.73. The molecule has 0 aliphatic carbocycles. The summed E-state index contributed by atoms with van der Waals surface area (Å²) in [4.78, 5) is 20.5. The Kier molecular flexibility index (Phi) is 3.56. The molecule has 3 rings (SSSR count). The second kappa shape index (κ2) is 5.50. The van der Waals surface area contributed by atoms with E-state index in [0.717, 1.165) is 44.8 Å². The third kappa shape index (κ3) is 2.99. The van der Waals surface area contributed by atoms with Gasteiger partial charge in [0.05, 0.1) is 12.5 Å². The van der Waals surface area contributed by atoms with Crippen LogP contribution in [0.25, 0.3) is 11.2 Å². The van der Waals surface area contributed by atoms with Gasteiger partial charge in [-0.2, -0.15) is 4.98 Å². The van der Waals surface area contributed by atoms with Crippen molar-refractivity contribution in [1.29, 1.82) is 0 Å². The molecular formula is C12H19N7. The highest BCUT2D eigenvalue weighted by atomic mass is 15.3. The number of nitrogens with zero attached hydrogens (tertiary/aromatic N) is 5. The van der Waals surface area contributed by atoms with Gasteiger partial charge in [0, 0.05) is 39.3 Å². The van der Waals surface area contributed by atoms with E-state index >= 15 is 0 Å². The highest BCUT2D eigenvalue weighted by Crippen LogP contribution is 2.06. The van der Waals surface area contributed by atoms with Gasteiger partial charge in [0.2, 0.25) is 5.95 Å². The molecule has 1 aliphatic heterocycles. The van der Waals surface area contributed by atoms with Crippen LogP contribution in [0, 0.1) is 0 Å². The van der Waals surface area contributed by atoms with E-state index in [2.05, 4.69) is 42.1 Å². The summed E-state index contributed by atoms with van der Waals surface area (Å²) in [6, 6.07) is 0. The minimum Gasteiger partial charge on any atom is -0.353 e. The zero-order valence-electron chi connectivity index (χ0n) is 11.1. The molecule has 0 amide bonds. The van der Waals surface area contributed by atoms with Crippen LogP contribution in [0.5, 0.6) is 0 Å². The number of likely N-dealkylation sites (N-methyl/N-ethyl adjacent to an activating group) is 1. The summed E-state index contributed by atoms with van der Waals surface area (Å²) < 4.78 is 0. The Balaban J connectivity index is 1.49. The van der Waals surface area contributed by atoms with Crippen LogP contribution in [0.15, 0.2) is 12.5 Å². The van der Waals surface area contributed by atoms with Crippen LogP contribution < -0.4 is 5.32 Å². The van der Waals surface area contributed by atoms with Crippen LogP contribution >= 0.6 is 0 Å². The summed E-state index contributed by atoms with van der Waals surface area (Å²) >= 11 is 0. The third-order valence-corrected chi connectivity index (χ3v) is 3.48. The normalized spacial score (nSPS) is 17.9. The van der Waals surface area contributed by atoms with Crippen LogP contribution in [-0.2, 0) is 0 Å². The predicted octanol–water partition coefficient (Wildman–Crippen LogP) is 0.0122. The molecule has 0 spiro atoms. The van der Waals surface area contributed by atoms with Crippen molar-refractivity contribution in [3.63, 3.8) is 0 Å². The Morgan fingerprint density at radius 2 is 2.11 bits per heavy atom. The summed E-state index contributed by atoms with van der Waals surface area (Å²) in [5.74, 6) is 0.647. The Bertz CT molecular complexity index is 530. The number of H-pyrrole nitrogens is 1. The molecule has 7 nitrogen and oxygen atoms in total. The number of fused-ring (bicyclic) bond motifs is 1. The maximum atomic E-state index is 4.34. The van der Waals surface area contributed by atoms with Gasteiger partial charge in [0.1, 0.15) is 5.52 Å². The monoisotopic (exact) mass is 261 g/mol. The molecule has 0 saturated carbocycles. The van der Waals surface area contributed by atoms with Gasteiger partial charge in [-0.15, -0.1) is 0 Å². The molecule has 2 aromatic heterocycles. The lowest BCUT2D eigenvalue weighted by Gasteiger charge is -2.32. The maximum absolute atomic E-state index is 4.34. The summed E-state index contributed by atoms with van der Waals surface area (Å²) in [6.45, 7) is 6.45. The van der Waals surface area contributed by atoms with Crippen LogP contribution in [-0.4, -0.2) is 76.1 Å². The molecule has 2 aromatic rings. The van der Waals surface area contributed by atoms with E-state index in [1.165, 1.54) is 0 Å². The van der Waals surface area contributed by atoms with Crippen molar-refractivity contribution in [2.75, 3.05) is 51.6 Å². The molecule has 7 heteroatoms. The second-order valence-corrected chi connectivity index (χ2v) is 4.91. The van der Waals surface area contributed by atoms with Gasteiger partial charge >= 0.3 is 0 Å². The summed E-state index contributed by atoms with van der Waals surface area (Å²) in [6.07, 6.45) is 3.39. The first kappa shape index (κ1) is 12.3. The standard InChI is InChI=1S/C12H19N7/c1-18-4-6-19(7-5-18)3-2-13-12-14-8-10-11(17-12)16-9-15-10/h8-9H,2-7H2,1H3,(H2,13,14,15,16,17). The van der Waals surface area contributed by atoms with Crippen LogP contribution in [0.2, 0.25) is 0 Å². The number of piperazine rings is 1. The number of anilines is 1. The molecule has 2 N–H and O–H groups in total. The predicted molar refractivity (Wildman–Crippen MR) is 74.1 cm³/mol. The first-order valence-corrected chi connectivity index (χ1v) is 6.62. The fourth-order valence-electron chi connectivity index (χ4n) is 2.22. The highest BCUT2D eigenvalue weighted by Gasteiger charge is 2.12. The Morgan fingerprint density at radius 3 is 2.95 bits per heavy atom. The van der Waals surface area contributed by atoms with Gasteiger partial charge in [-0.05, 0) is 7.05 Å². The Morgan fingerprint density at radius 1 is 1.26 bits per heavy atom. The van der Waals surface area contributed by atoms with Crippen molar-refractivity contribution < 1.29 is 0 Å². The van der Waals surface area contributed by atoms with Crippen molar-refractivity contribution in [3.8, 4) is 0 Å². The zero-order valence-corrected chi connectivity index (χ0v) is 11.1. The number of hydrogen-bond acceptors (Lipinski definition) is 6. The molecule has 0 atom stereocenters. The van der Waals surface area contributed by atoms with Crippen molar-refractivity contribution in [3.05, 3.63) is 12.5 Å². The SMILES string of the molecule is CN1CCN(CCNc2ncc3[nH]cnc3n2)CC1. The van der Waals surface area contributed by atoms with E-state index in [4.69, 9.17) is 0 Å². The lowest BCUT2D eigenvalue weighted by molar-refractivity contribution is 0.158. The van der Waals surface area contributed by atoms with Gasteiger partial charge in [-0.1, -0.05) is 0 Å². The summed E-state index contributed by atoms with van der Waals surface area (Å²) in [5.41, 5.74) is 1.57. The van der Waals surface area contributed by atoms with Crippen LogP contribution in [0.4, 0.5) is 5.95 Å². The quantitative estimate of drug-likeness (QED) is 0.808. The Labute approximate surface area is 112 Å². The molecule has 0 aromatic carbocycles. The molecule has 19 heavy (non-hydrogen) atoms. The lowest BCUT2D eigenvalue weighted by Crippen LogP contribution is -2.45. The lowest BCUT2D eigenvalue weighted by atomic mass is 10.3. The first-order valence-electron chi connectivity index (χ1n) is 6.62. The van der Waals surface area contributed by atoms with E-state index in [1.54, 1.807) is 12.5 Å². The molecule has 0 bridgehead atoms. The summed E-state index contributed by atoms with van der Waals surface area (Å²) in [7, 11) is 2.17. The van der Waals surface area contributed by atoms with E-state index in [1.807, 2.05) is 0 Å². The van der Waals surface area contributed by atoms with Gasteiger partial charge < -0.3 is 15.2 Å². The number of aromatic nitrogens is 4. The molecule has 0 radical (unpaired) electrons. The average molecular weight is 261 g/mol. The molecule has 102 valence electrons. The van der Waals surface area contributed by atoms with E-state index in [-0.39, 0.29) is 0 Å². The molecule has 1 aliphatic rings. The van der Waals surface area contributed by atoms with Crippen LogP contribution in [0.3, 0.4) is 0 Å². The van der Waals surface area contributed by atoms with Gasteiger partial charge in [0.15, 0.2) is 5.65 Å². The minimum absolute atomic E-state index is 0.647. The van der Waals surface area contributed by atoms with E-state index in [0.29, 0.717) is 11.6 Å². The number of nitrogens with one attached hydrogen (secondary N) is 2. The number of aromatic amines is 1. The summed E-state index contributed by atoms with van der Waals surface area (Å²) in [5, 5.41) is 3.25. The van der Waals surface area contributed by atoms with Gasteiger partial charge in [-0.3, -0.25) is 4.90 Å². The second-order valence-electron chi connectivity index (χ2n) is 4.91. The fourth-order valence-corrected chi connectivity index (χ4v) is 2.22. The number of rotatable bonds is 4. The molecule has 1 fully saturated rings. The minimum atomic E-state index is 0.647. The van der Waals surface area contributed by atoms with Crippen molar-refractivity contribution in [1.82, 2.24) is 29.7 Å². The third-order valence-electron chi connectivity index (χ3n) is 3.48. The molecule has 3 heterocycles. The largest absolute Gasteiger partial charge is 0.353 e. The molecule has 1 saturated heterocycles. The van der Waals surface area contributed by atoms with Crippen molar-refractivity contribution in [2.45, 2.75) is 0 Å². The van der Waals surface area contributed by atoms with Gasteiger partial charge in [-0.25, -0.2) is 9.97 Å². The fraction of sp³-hybridized carbons (Fsp3) is 0.583. The van der Waals surface area contributed by atoms with E-state index in [9.17, 15) is 0 Å². The zero-order chi connectivity index (χ0) is 13.1.